The van der Waals surface area contributed by atoms with Crippen LogP contribution < -0.4 is 10.2 Å². The van der Waals surface area contributed by atoms with Crippen molar-refractivity contribution in [3.8, 4) is 0 Å². The van der Waals surface area contributed by atoms with Crippen LogP contribution in [0.2, 0.25) is 10.4 Å². The van der Waals surface area contributed by atoms with Gasteiger partial charge in [0, 0.05) is 32.9 Å². The van der Waals surface area contributed by atoms with Gasteiger partial charge in [0.1, 0.15) is 11.0 Å². The Morgan fingerprint density at radius 1 is 1.31 bits per heavy atom. The summed E-state index contributed by atoms with van der Waals surface area (Å²) in [5.41, 5.74) is 0.712. The molecule has 1 aliphatic heterocycles. The first-order chi connectivity index (χ1) is 12.5. The van der Waals surface area contributed by atoms with Crippen LogP contribution in [0, 0.1) is 5.92 Å². The van der Waals surface area contributed by atoms with Crippen LogP contribution >= 0.6 is 23.2 Å². The molecule has 1 aliphatic rings. The average molecular weight is 394 g/mol. The Bertz CT molecular complexity index is 810. The lowest BCUT2D eigenvalue weighted by Crippen LogP contribution is -2.37. The zero-order valence-electron chi connectivity index (χ0n) is 14.6. The maximum Gasteiger partial charge on any atom is 0.226 e. The number of rotatable bonds is 6. The predicted molar refractivity (Wildman–Crippen MR) is 108 cm³/mol. The number of aromatic nitrogens is 4. The third kappa shape index (κ3) is 3.99. The summed E-state index contributed by atoms with van der Waals surface area (Å²) in [4.78, 5) is 18.9. The lowest BCUT2D eigenvalue weighted by Gasteiger charge is -2.32. The number of anilines is 2. The molecule has 1 saturated heterocycles. The quantitative estimate of drug-likeness (QED) is 0.596. The smallest absolute Gasteiger partial charge is 0.226 e. The summed E-state index contributed by atoms with van der Waals surface area (Å²) >= 11 is 12.0. The van der Waals surface area contributed by atoms with Gasteiger partial charge in [0.25, 0.3) is 0 Å². The number of nitrogens with zero attached hydrogens (tertiary/aromatic N) is 6. The van der Waals surface area contributed by atoms with Gasteiger partial charge < -0.3 is 14.8 Å². The van der Waals surface area contributed by atoms with E-state index in [2.05, 4.69) is 43.5 Å². The minimum Gasteiger partial charge on any atom is -0.369 e. The standard InChI is InChI=1S/C17H21Cl2N7/c1-4-12-14(20-2)23-16(19)24-15(12)21-9-11-5-7-26(8-6-11)17-22-13(18)10-25(17)3/h4,10-11H,1-2,5-9H2,3H3,(H,21,23,24). The molecule has 9 heteroatoms. The number of imidazole rings is 1. The van der Waals surface area contributed by atoms with Crippen LogP contribution in [0.5, 0.6) is 0 Å². The van der Waals surface area contributed by atoms with Crippen molar-refractivity contribution in [2.24, 2.45) is 18.0 Å². The van der Waals surface area contributed by atoms with Crippen molar-refractivity contribution in [3.05, 3.63) is 28.8 Å². The maximum absolute atomic E-state index is 5.99. The van der Waals surface area contributed by atoms with Gasteiger partial charge in [0.2, 0.25) is 11.2 Å². The molecule has 2 aromatic heterocycles. The van der Waals surface area contributed by atoms with Crippen molar-refractivity contribution in [1.29, 1.82) is 0 Å². The zero-order valence-corrected chi connectivity index (χ0v) is 16.1. The fraction of sp³-hybridized carbons (Fsp3) is 0.412. The Morgan fingerprint density at radius 3 is 2.62 bits per heavy atom. The second-order valence-corrected chi connectivity index (χ2v) is 6.95. The van der Waals surface area contributed by atoms with Crippen molar-refractivity contribution in [2.45, 2.75) is 12.8 Å². The number of piperidine rings is 1. The Balaban J connectivity index is 1.61. The van der Waals surface area contributed by atoms with E-state index in [9.17, 15) is 0 Å². The molecule has 1 fully saturated rings. The molecule has 2 aromatic rings. The first-order valence-corrected chi connectivity index (χ1v) is 9.11. The van der Waals surface area contributed by atoms with Crippen molar-refractivity contribution in [3.63, 3.8) is 0 Å². The molecular formula is C17H21Cl2N7. The van der Waals surface area contributed by atoms with E-state index in [1.165, 1.54) is 0 Å². The van der Waals surface area contributed by atoms with Gasteiger partial charge in [-0.2, -0.15) is 4.98 Å². The van der Waals surface area contributed by atoms with Crippen LogP contribution in [-0.4, -0.2) is 45.9 Å². The summed E-state index contributed by atoms with van der Waals surface area (Å²) in [5, 5.41) is 4.03. The minimum absolute atomic E-state index is 0.141. The van der Waals surface area contributed by atoms with Crippen LogP contribution in [0.3, 0.4) is 0 Å². The van der Waals surface area contributed by atoms with Crippen LogP contribution in [-0.2, 0) is 7.05 Å². The van der Waals surface area contributed by atoms with Gasteiger partial charge in [0.05, 0.1) is 5.56 Å². The molecule has 0 spiro atoms. The molecule has 0 atom stereocenters. The summed E-state index contributed by atoms with van der Waals surface area (Å²) in [6.45, 7) is 9.99. The molecule has 0 saturated carbocycles. The van der Waals surface area contributed by atoms with Crippen molar-refractivity contribution in [1.82, 2.24) is 19.5 Å². The van der Waals surface area contributed by atoms with E-state index in [0.29, 0.717) is 28.3 Å². The summed E-state index contributed by atoms with van der Waals surface area (Å²) in [5.74, 6) is 2.51. The van der Waals surface area contributed by atoms with E-state index in [1.807, 2.05) is 17.8 Å². The number of hydrogen-bond donors (Lipinski definition) is 1. The fourth-order valence-electron chi connectivity index (χ4n) is 3.17. The molecule has 138 valence electrons. The van der Waals surface area contributed by atoms with Gasteiger partial charge in [-0.25, -0.2) is 15.0 Å². The molecule has 0 aliphatic carbocycles. The molecule has 0 bridgehead atoms. The molecule has 0 unspecified atom stereocenters. The molecule has 3 heterocycles. The number of hydrogen-bond acceptors (Lipinski definition) is 6. The lowest BCUT2D eigenvalue weighted by molar-refractivity contribution is 0.418. The number of nitrogens with one attached hydrogen (secondary N) is 1. The van der Waals surface area contributed by atoms with E-state index in [4.69, 9.17) is 23.2 Å². The number of halogens is 2. The molecule has 26 heavy (non-hydrogen) atoms. The summed E-state index contributed by atoms with van der Waals surface area (Å²) in [6, 6.07) is 0. The molecule has 0 amide bonds. The van der Waals surface area contributed by atoms with Crippen molar-refractivity contribution in [2.75, 3.05) is 29.9 Å². The molecule has 0 aromatic carbocycles. The van der Waals surface area contributed by atoms with Crippen molar-refractivity contribution >= 4 is 53.6 Å². The van der Waals surface area contributed by atoms with Gasteiger partial charge in [-0.05, 0) is 37.1 Å². The molecule has 1 N–H and O–H groups in total. The number of aryl methyl sites for hydroxylation is 1. The highest BCUT2D eigenvalue weighted by molar-refractivity contribution is 6.29. The van der Waals surface area contributed by atoms with Crippen LogP contribution in [0.1, 0.15) is 18.4 Å². The first-order valence-electron chi connectivity index (χ1n) is 8.36. The fourth-order valence-corrected chi connectivity index (χ4v) is 3.55. The van der Waals surface area contributed by atoms with Crippen LogP contribution in [0.4, 0.5) is 17.6 Å². The minimum atomic E-state index is 0.141. The Morgan fingerprint density at radius 2 is 2.04 bits per heavy atom. The normalized spacial score (nSPS) is 15.1. The SMILES string of the molecule is C=Cc1c(N=C)nc(Cl)nc1NCC1CCN(c2nc(Cl)cn2C)CC1. The van der Waals surface area contributed by atoms with E-state index >= 15 is 0 Å². The van der Waals surface area contributed by atoms with Gasteiger partial charge >= 0.3 is 0 Å². The highest BCUT2D eigenvalue weighted by atomic mass is 35.5. The highest BCUT2D eigenvalue weighted by Gasteiger charge is 2.22. The van der Waals surface area contributed by atoms with Gasteiger partial charge in [-0.15, -0.1) is 0 Å². The van der Waals surface area contributed by atoms with E-state index in [-0.39, 0.29) is 5.28 Å². The molecule has 7 nitrogen and oxygen atoms in total. The zero-order chi connectivity index (χ0) is 18.7. The largest absolute Gasteiger partial charge is 0.369 e. The molecular weight excluding hydrogens is 373 g/mol. The van der Waals surface area contributed by atoms with E-state index in [1.54, 1.807) is 6.08 Å². The Kier molecular flexibility index (Phi) is 5.78. The topological polar surface area (TPSA) is 71.2 Å². The van der Waals surface area contributed by atoms with E-state index in [0.717, 1.165) is 38.4 Å². The first kappa shape index (κ1) is 18.7. The average Bonchev–Trinajstić information content (AvgIpc) is 2.98. The Labute approximate surface area is 162 Å². The third-order valence-corrected chi connectivity index (χ3v) is 4.88. The maximum atomic E-state index is 5.99. The third-order valence-electron chi connectivity index (χ3n) is 4.53. The second kappa shape index (κ2) is 8.05. The predicted octanol–water partition coefficient (Wildman–Crippen LogP) is 3.82. The monoisotopic (exact) mass is 393 g/mol. The highest BCUT2D eigenvalue weighted by Crippen LogP contribution is 2.28. The van der Waals surface area contributed by atoms with Crippen molar-refractivity contribution < 1.29 is 0 Å². The molecule has 0 radical (unpaired) electrons. The van der Waals surface area contributed by atoms with Gasteiger partial charge in [-0.1, -0.05) is 24.3 Å². The van der Waals surface area contributed by atoms with E-state index < -0.39 is 0 Å². The van der Waals surface area contributed by atoms with Gasteiger partial charge in [-0.3, -0.25) is 0 Å². The second-order valence-electron chi connectivity index (χ2n) is 6.23. The summed E-state index contributed by atoms with van der Waals surface area (Å²) < 4.78 is 1.96. The van der Waals surface area contributed by atoms with Crippen LogP contribution in [0.15, 0.2) is 17.8 Å². The lowest BCUT2D eigenvalue weighted by atomic mass is 9.97. The van der Waals surface area contributed by atoms with Gasteiger partial charge in [0.15, 0.2) is 5.82 Å². The Hall–Kier alpha value is -2.12. The molecule has 3 rings (SSSR count). The number of aliphatic imine (C=N–C) groups is 1. The summed E-state index contributed by atoms with van der Waals surface area (Å²) in [7, 11) is 1.96. The summed E-state index contributed by atoms with van der Waals surface area (Å²) in [6.07, 6.45) is 5.58. The van der Waals surface area contributed by atoms with Crippen LogP contribution in [0.25, 0.3) is 6.08 Å².